The number of hydrogen-bond donors (Lipinski definition) is 1. The Kier molecular flexibility index (Phi) is 7.35. The number of rotatable bonds is 10. The SMILES string of the molecule is CO[C@@H](Cc1ccc(OCCCOc2ccc(F)cc2F)cc1)C(=O)O. The standard InChI is InChI=1S/C19H20F2O5/c1-24-18(19(22)23)11-13-3-6-15(7-4-13)25-9-2-10-26-17-8-5-14(20)12-16(17)21/h3-8,12,18H,2,9-11H2,1H3,(H,22,23)/t18-/m0/s1. The van der Waals surface area contributed by atoms with Crippen LogP contribution in [0, 0.1) is 11.6 Å². The number of aliphatic carboxylic acids is 1. The van der Waals surface area contributed by atoms with Crippen LogP contribution < -0.4 is 9.47 Å². The van der Waals surface area contributed by atoms with E-state index >= 15 is 0 Å². The van der Waals surface area contributed by atoms with Gasteiger partial charge in [0.15, 0.2) is 17.7 Å². The molecule has 26 heavy (non-hydrogen) atoms. The van der Waals surface area contributed by atoms with E-state index in [0.717, 1.165) is 17.7 Å². The lowest BCUT2D eigenvalue weighted by Crippen LogP contribution is -2.24. The molecule has 0 aromatic heterocycles. The first-order chi connectivity index (χ1) is 12.5. The van der Waals surface area contributed by atoms with Crippen molar-refractivity contribution in [2.45, 2.75) is 18.9 Å². The first-order valence-electron chi connectivity index (χ1n) is 8.05. The molecule has 2 aromatic rings. The zero-order valence-electron chi connectivity index (χ0n) is 14.3. The number of carbonyl (C=O) groups is 1. The van der Waals surface area contributed by atoms with Crippen LogP contribution in [0.2, 0.25) is 0 Å². The fourth-order valence-electron chi connectivity index (χ4n) is 2.23. The highest BCUT2D eigenvalue weighted by molar-refractivity contribution is 5.72. The summed E-state index contributed by atoms with van der Waals surface area (Å²) in [5, 5.41) is 8.97. The second kappa shape index (κ2) is 9.72. The normalized spacial score (nSPS) is 11.8. The van der Waals surface area contributed by atoms with Crippen LogP contribution in [0.5, 0.6) is 11.5 Å². The Balaban J connectivity index is 1.72. The Morgan fingerprint density at radius 1 is 1.08 bits per heavy atom. The van der Waals surface area contributed by atoms with Crippen molar-refractivity contribution in [3.05, 3.63) is 59.7 Å². The minimum absolute atomic E-state index is 0.00174. The number of methoxy groups -OCH3 is 1. The summed E-state index contributed by atoms with van der Waals surface area (Å²) < 4.78 is 41.8. The summed E-state index contributed by atoms with van der Waals surface area (Å²) in [4.78, 5) is 10.9. The maximum absolute atomic E-state index is 13.4. The molecule has 0 radical (unpaired) electrons. The molecule has 0 saturated heterocycles. The Morgan fingerprint density at radius 3 is 2.38 bits per heavy atom. The number of benzene rings is 2. The molecule has 5 nitrogen and oxygen atoms in total. The third-order valence-electron chi connectivity index (χ3n) is 3.61. The fraction of sp³-hybridized carbons (Fsp3) is 0.316. The van der Waals surface area contributed by atoms with Crippen LogP contribution in [0.4, 0.5) is 8.78 Å². The zero-order valence-corrected chi connectivity index (χ0v) is 14.3. The summed E-state index contributed by atoms with van der Waals surface area (Å²) in [6.07, 6.45) is -0.0993. The van der Waals surface area contributed by atoms with Gasteiger partial charge in [0.1, 0.15) is 11.6 Å². The van der Waals surface area contributed by atoms with E-state index in [2.05, 4.69) is 0 Å². The monoisotopic (exact) mass is 366 g/mol. The fourth-order valence-corrected chi connectivity index (χ4v) is 2.23. The summed E-state index contributed by atoms with van der Waals surface area (Å²) in [6, 6.07) is 10.2. The van der Waals surface area contributed by atoms with E-state index in [-0.39, 0.29) is 18.8 Å². The van der Waals surface area contributed by atoms with Crippen molar-refractivity contribution in [2.24, 2.45) is 0 Å². The second-order valence-corrected chi connectivity index (χ2v) is 5.54. The van der Waals surface area contributed by atoms with Crippen LogP contribution in [0.15, 0.2) is 42.5 Å². The average Bonchev–Trinajstić information content (AvgIpc) is 2.62. The van der Waals surface area contributed by atoms with Crippen LogP contribution in [0.25, 0.3) is 0 Å². The van der Waals surface area contributed by atoms with E-state index in [1.54, 1.807) is 24.3 Å². The predicted molar refractivity (Wildman–Crippen MR) is 90.5 cm³/mol. The predicted octanol–water partition coefficient (Wildman–Crippen LogP) is 3.45. The third-order valence-corrected chi connectivity index (χ3v) is 3.61. The van der Waals surface area contributed by atoms with Crippen LogP contribution in [-0.2, 0) is 16.0 Å². The van der Waals surface area contributed by atoms with Crippen LogP contribution >= 0.6 is 0 Å². The van der Waals surface area contributed by atoms with Crippen molar-refractivity contribution in [1.82, 2.24) is 0 Å². The van der Waals surface area contributed by atoms with E-state index in [4.69, 9.17) is 19.3 Å². The zero-order chi connectivity index (χ0) is 18.9. The lowest BCUT2D eigenvalue weighted by Gasteiger charge is -2.11. The summed E-state index contributed by atoms with van der Waals surface area (Å²) in [6.45, 7) is 0.590. The molecule has 0 fully saturated rings. The van der Waals surface area contributed by atoms with Gasteiger partial charge in [0.05, 0.1) is 13.2 Å². The molecule has 0 aliphatic rings. The minimum atomic E-state index is -1.01. The Labute approximate surface area is 150 Å². The quantitative estimate of drug-likeness (QED) is 0.653. The van der Waals surface area contributed by atoms with Gasteiger partial charge in [-0.05, 0) is 29.8 Å². The number of hydrogen-bond acceptors (Lipinski definition) is 4. The van der Waals surface area contributed by atoms with Gasteiger partial charge in [0.25, 0.3) is 0 Å². The number of ether oxygens (including phenoxy) is 3. The van der Waals surface area contributed by atoms with Crippen molar-refractivity contribution in [2.75, 3.05) is 20.3 Å². The van der Waals surface area contributed by atoms with Gasteiger partial charge in [-0.2, -0.15) is 0 Å². The van der Waals surface area contributed by atoms with Crippen molar-refractivity contribution >= 4 is 5.97 Å². The molecule has 1 N–H and O–H groups in total. The molecule has 0 amide bonds. The first kappa shape index (κ1) is 19.7. The highest BCUT2D eigenvalue weighted by Gasteiger charge is 2.16. The maximum atomic E-state index is 13.4. The number of carboxylic acid groups (broad SMARTS) is 1. The van der Waals surface area contributed by atoms with Gasteiger partial charge in [-0.15, -0.1) is 0 Å². The minimum Gasteiger partial charge on any atom is -0.493 e. The molecule has 0 heterocycles. The molecule has 0 bridgehead atoms. The van der Waals surface area contributed by atoms with Crippen molar-refractivity contribution < 1.29 is 32.9 Å². The van der Waals surface area contributed by atoms with Gasteiger partial charge in [-0.1, -0.05) is 12.1 Å². The number of carboxylic acids is 1. The Hall–Kier alpha value is -2.67. The second-order valence-electron chi connectivity index (χ2n) is 5.54. The summed E-state index contributed by atoms with van der Waals surface area (Å²) in [5.74, 6) is -1.77. The van der Waals surface area contributed by atoms with Gasteiger partial charge in [-0.25, -0.2) is 13.6 Å². The van der Waals surface area contributed by atoms with E-state index < -0.39 is 23.7 Å². The van der Waals surface area contributed by atoms with E-state index in [0.29, 0.717) is 18.8 Å². The Morgan fingerprint density at radius 2 is 1.77 bits per heavy atom. The lowest BCUT2D eigenvalue weighted by molar-refractivity contribution is -0.148. The van der Waals surface area contributed by atoms with E-state index in [1.807, 2.05) is 0 Å². The summed E-state index contributed by atoms with van der Waals surface area (Å²) >= 11 is 0. The molecule has 7 heteroatoms. The number of halogens is 2. The summed E-state index contributed by atoms with van der Waals surface area (Å²) in [7, 11) is 1.36. The van der Waals surface area contributed by atoms with Crippen LogP contribution in [0.3, 0.4) is 0 Å². The van der Waals surface area contributed by atoms with Crippen LogP contribution in [-0.4, -0.2) is 37.5 Å². The highest BCUT2D eigenvalue weighted by atomic mass is 19.1. The van der Waals surface area contributed by atoms with Gasteiger partial charge in [0, 0.05) is 26.0 Å². The summed E-state index contributed by atoms with van der Waals surface area (Å²) in [5.41, 5.74) is 0.821. The van der Waals surface area contributed by atoms with E-state index in [1.165, 1.54) is 13.2 Å². The topological polar surface area (TPSA) is 65.0 Å². The van der Waals surface area contributed by atoms with Crippen molar-refractivity contribution in [1.29, 1.82) is 0 Å². The average molecular weight is 366 g/mol. The van der Waals surface area contributed by atoms with E-state index in [9.17, 15) is 13.6 Å². The van der Waals surface area contributed by atoms with Gasteiger partial charge in [-0.3, -0.25) is 0 Å². The van der Waals surface area contributed by atoms with Crippen LogP contribution in [0.1, 0.15) is 12.0 Å². The molecule has 0 spiro atoms. The van der Waals surface area contributed by atoms with Crippen molar-refractivity contribution in [3.8, 4) is 11.5 Å². The molecule has 140 valence electrons. The van der Waals surface area contributed by atoms with Gasteiger partial charge >= 0.3 is 5.97 Å². The van der Waals surface area contributed by atoms with Gasteiger partial charge < -0.3 is 19.3 Å². The third kappa shape index (κ3) is 6.00. The molecule has 1 atom stereocenters. The largest absolute Gasteiger partial charge is 0.493 e. The smallest absolute Gasteiger partial charge is 0.333 e. The molecule has 2 aromatic carbocycles. The molecule has 0 aliphatic carbocycles. The van der Waals surface area contributed by atoms with Crippen molar-refractivity contribution in [3.63, 3.8) is 0 Å². The molecular weight excluding hydrogens is 346 g/mol. The molecule has 0 unspecified atom stereocenters. The molecule has 0 saturated carbocycles. The molecule has 2 rings (SSSR count). The van der Waals surface area contributed by atoms with Gasteiger partial charge in [0.2, 0.25) is 0 Å². The highest BCUT2D eigenvalue weighted by Crippen LogP contribution is 2.18. The first-order valence-corrected chi connectivity index (χ1v) is 8.05. The Bertz CT molecular complexity index is 718. The lowest BCUT2D eigenvalue weighted by atomic mass is 10.1. The maximum Gasteiger partial charge on any atom is 0.333 e. The molecule has 0 aliphatic heterocycles. The molecular formula is C19H20F2O5.